The Morgan fingerprint density at radius 1 is 0.935 bits per heavy atom. The summed E-state index contributed by atoms with van der Waals surface area (Å²) in [6.45, 7) is 3.87. The Labute approximate surface area is 181 Å². The quantitative estimate of drug-likeness (QED) is 0.653. The molecule has 2 aliphatic rings. The van der Waals surface area contributed by atoms with Gasteiger partial charge >= 0.3 is 5.97 Å². The molecular weight excluding hydrogens is 394 g/mol. The predicted octanol–water partition coefficient (Wildman–Crippen LogP) is 3.56. The van der Waals surface area contributed by atoms with E-state index in [2.05, 4.69) is 19.2 Å². The lowest BCUT2D eigenvalue weighted by atomic mass is 9.78. The second-order valence-corrected chi connectivity index (χ2v) is 8.45. The lowest BCUT2D eigenvalue weighted by molar-refractivity contribution is -0.125. The Balaban J connectivity index is 1.48. The van der Waals surface area contributed by atoms with Gasteiger partial charge in [0.25, 0.3) is 5.91 Å². The van der Waals surface area contributed by atoms with Crippen LogP contribution in [-0.2, 0) is 9.53 Å². The number of carbonyl (C=O) groups excluding carboxylic acids is 4. The standard InChI is InChI=1S/C25H25NO5/c1-14-7-5-12-20(15(14)2)26-21(27)13-31-25(30)19-11-6-10-18-22(19)24(29)17-9-4-3-8-16(17)23(18)28/h3-4,6,8-11,14-15,20H,5,7,12-13H2,1-2H3,(H,26,27)/t14-,15-,20+/m1/s1. The van der Waals surface area contributed by atoms with Crippen molar-refractivity contribution in [2.45, 2.75) is 39.2 Å². The van der Waals surface area contributed by atoms with E-state index in [9.17, 15) is 19.2 Å². The van der Waals surface area contributed by atoms with Gasteiger partial charge in [0, 0.05) is 28.3 Å². The summed E-state index contributed by atoms with van der Waals surface area (Å²) in [6, 6.07) is 11.1. The summed E-state index contributed by atoms with van der Waals surface area (Å²) in [4.78, 5) is 50.9. The van der Waals surface area contributed by atoms with Crippen molar-refractivity contribution in [2.24, 2.45) is 11.8 Å². The van der Waals surface area contributed by atoms with Gasteiger partial charge in [-0.1, -0.05) is 63.1 Å². The van der Waals surface area contributed by atoms with Crippen LogP contribution in [0.1, 0.15) is 75.3 Å². The largest absolute Gasteiger partial charge is 0.452 e. The lowest BCUT2D eigenvalue weighted by Crippen LogP contribution is -2.45. The van der Waals surface area contributed by atoms with E-state index in [4.69, 9.17) is 4.74 Å². The number of rotatable bonds is 4. The number of amides is 1. The molecule has 31 heavy (non-hydrogen) atoms. The summed E-state index contributed by atoms with van der Waals surface area (Å²) in [7, 11) is 0. The molecule has 3 atom stereocenters. The first kappa shape index (κ1) is 21.0. The molecule has 1 saturated carbocycles. The van der Waals surface area contributed by atoms with Crippen LogP contribution in [0.5, 0.6) is 0 Å². The normalized spacial score (nSPS) is 22.3. The van der Waals surface area contributed by atoms with Crippen molar-refractivity contribution in [2.75, 3.05) is 6.61 Å². The third-order valence-electron chi connectivity index (χ3n) is 6.56. The van der Waals surface area contributed by atoms with Crippen LogP contribution < -0.4 is 5.32 Å². The zero-order chi connectivity index (χ0) is 22.1. The van der Waals surface area contributed by atoms with Gasteiger partial charge in [-0.05, 0) is 24.3 Å². The molecule has 0 bridgehead atoms. The second-order valence-electron chi connectivity index (χ2n) is 8.45. The molecule has 0 aromatic heterocycles. The first-order chi connectivity index (χ1) is 14.9. The molecule has 0 radical (unpaired) electrons. The minimum atomic E-state index is -0.794. The van der Waals surface area contributed by atoms with Crippen molar-refractivity contribution in [1.82, 2.24) is 5.32 Å². The van der Waals surface area contributed by atoms with Crippen molar-refractivity contribution in [3.8, 4) is 0 Å². The average Bonchev–Trinajstić information content (AvgIpc) is 2.78. The van der Waals surface area contributed by atoms with E-state index in [1.165, 1.54) is 12.1 Å². The number of fused-ring (bicyclic) bond motifs is 2. The zero-order valence-corrected chi connectivity index (χ0v) is 17.6. The number of esters is 1. The fourth-order valence-corrected chi connectivity index (χ4v) is 4.56. The highest BCUT2D eigenvalue weighted by Crippen LogP contribution is 2.30. The number of carbonyl (C=O) groups is 4. The number of hydrogen-bond donors (Lipinski definition) is 1. The molecule has 1 N–H and O–H groups in total. The highest BCUT2D eigenvalue weighted by atomic mass is 16.5. The number of ether oxygens (including phenoxy) is 1. The van der Waals surface area contributed by atoms with E-state index >= 15 is 0 Å². The molecule has 6 nitrogen and oxygen atoms in total. The first-order valence-electron chi connectivity index (χ1n) is 10.7. The Hall–Kier alpha value is -3.28. The minimum Gasteiger partial charge on any atom is -0.452 e. The summed E-state index contributed by atoms with van der Waals surface area (Å²) in [5.41, 5.74) is 0.788. The van der Waals surface area contributed by atoms with Gasteiger partial charge in [0.1, 0.15) is 0 Å². The fraction of sp³-hybridized carbons (Fsp3) is 0.360. The van der Waals surface area contributed by atoms with E-state index in [0.717, 1.165) is 19.3 Å². The maximum atomic E-state index is 13.0. The molecule has 2 aromatic carbocycles. The van der Waals surface area contributed by atoms with Crippen molar-refractivity contribution >= 4 is 23.4 Å². The topological polar surface area (TPSA) is 89.5 Å². The van der Waals surface area contributed by atoms with Crippen LogP contribution in [0, 0.1) is 11.8 Å². The van der Waals surface area contributed by atoms with Gasteiger partial charge in [-0.25, -0.2) is 4.79 Å². The van der Waals surface area contributed by atoms with Crippen LogP contribution in [0.25, 0.3) is 0 Å². The zero-order valence-electron chi connectivity index (χ0n) is 17.6. The molecule has 0 spiro atoms. The third-order valence-corrected chi connectivity index (χ3v) is 6.56. The van der Waals surface area contributed by atoms with Gasteiger partial charge < -0.3 is 10.1 Å². The van der Waals surface area contributed by atoms with Crippen LogP contribution in [0.15, 0.2) is 42.5 Å². The molecule has 160 valence electrons. The monoisotopic (exact) mass is 419 g/mol. The summed E-state index contributed by atoms with van der Waals surface area (Å²) >= 11 is 0. The Morgan fingerprint density at radius 3 is 2.35 bits per heavy atom. The molecular formula is C25H25NO5. The predicted molar refractivity (Wildman–Crippen MR) is 114 cm³/mol. The van der Waals surface area contributed by atoms with E-state index in [1.807, 2.05) is 0 Å². The molecule has 6 heteroatoms. The van der Waals surface area contributed by atoms with Crippen LogP contribution in [-0.4, -0.2) is 36.1 Å². The van der Waals surface area contributed by atoms with Gasteiger partial charge in [0.2, 0.25) is 0 Å². The van der Waals surface area contributed by atoms with Gasteiger partial charge in [0.15, 0.2) is 18.2 Å². The van der Waals surface area contributed by atoms with E-state index in [0.29, 0.717) is 17.4 Å². The van der Waals surface area contributed by atoms with E-state index in [1.54, 1.807) is 30.3 Å². The van der Waals surface area contributed by atoms with Crippen molar-refractivity contribution < 1.29 is 23.9 Å². The van der Waals surface area contributed by atoms with Gasteiger partial charge in [0.05, 0.1) is 5.56 Å². The molecule has 0 aliphatic heterocycles. The smallest absolute Gasteiger partial charge is 0.339 e. The Kier molecular flexibility index (Phi) is 5.72. The Bertz CT molecular complexity index is 1070. The third kappa shape index (κ3) is 3.90. The van der Waals surface area contributed by atoms with Gasteiger partial charge in [-0.2, -0.15) is 0 Å². The van der Waals surface area contributed by atoms with Crippen molar-refractivity contribution in [3.05, 3.63) is 70.3 Å². The molecule has 0 heterocycles. The van der Waals surface area contributed by atoms with Crippen LogP contribution >= 0.6 is 0 Å². The summed E-state index contributed by atoms with van der Waals surface area (Å²) in [6.07, 6.45) is 3.12. The molecule has 2 aromatic rings. The molecule has 2 aliphatic carbocycles. The van der Waals surface area contributed by atoms with Crippen molar-refractivity contribution in [1.29, 1.82) is 0 Å². The molecule has 0 unspecified atom stereocenters. The fourth-order valence-electron chi connectivity index (χ4n) is 4.56. The van der Waals surface area contributed by atoms with E-state index < -0.39 is 18.4 Å². The maximum Gasteiger partial charge on any atom is 0.339 e. The lowest BCUT2D eigenvalue weighted by Gasteiger charge is -2.34. The second kappa shape index (κ2) is 8.46. The average molecular weight is 419 g/mol. The number of ketones is 2. The van der Waals surface area contributed by atoms with Crippen molar-refractivity contribution in [3.63, 3.8) is 0 Å². The summed E-state index contributed by atoms with van der Waals surface area (Å²) in [5.74, 6) is -0.971. The highest BCUT2D eigenvalue weighted by molar-refractivity contribution is 6.30. The van der Waals surface area contributed by atoms with Crippen LogP contribution in [0.2, 0.25) is 0 Å². The first-order valence-corrected chi connectivity index (χ1v) is 10.7. The summed E-state index contributed by atoms with van der Waals surface area (Å²) in [5, 5.41) is 2.96. The molecule has 0 saturated heterocycles. The SMILES string of the molecule is C[C@@H]1[C@H](C)CCC[C@@H]1NC(=O)COC(=O)c1cccc2c1C(=O)c1ccccc1C2=O. The molecule has 4 rings (SSSR count). The number of benzene rings is 2. The minimum absolute atomic E-state index is 0.00203. The Morgan fingerprint density at radius 2 is 1.61 bits per heavy atom. The van der Waals surface area contributed by atoms with Gasteiger partial charge in [-0.15, -0.1) is 0 Å². The molecule has 1 fully saturated rings. The van der Waals surface area contributed by atoms with Gasteiger partial charge in [-0.3, -0.25) is 14.4 Å². The number of hydrogen-bond acceptors (Lipinski definition) is 5. The highest BCUT2D eigenvalue weighted by Gasteiger charge is 2.33. The number of nitrogens with one attached hydrogen (secondary N) is 1. The van der Waals surface area contributed by atoms with Crippen LogP contribution in [0.3, 0.4) is 0 Å². The summed E-state index contributed by atoms with van der Waals surface area (Å²) < 4.78 is 5.22. The van der Waals surface area contributed by atoms with Crippen LogP contribution in [0.4, 0.5) is 0 Å². The maximum absolute atomic E-state index is 13.0. The molecule has 1 amide bonds. The van der Waals surface area contributed by atoms with E-state index in [-0.39, 0.29) is 40.0 Å².